The first-order valence-corrected chi connectivity index (χ1v) is 10.8. The van der Waals surface area contributed by atoms with Gasteiger partial charge in [0.25, 0.3) is 0 Å². The average Bonchev–Trinajstić information content (AvgIpc) is 3.12. The van der Waals surface area contributed by atoms with Gasteiger partial charge in [-0.05, 0) is 44.8 Å². The molecule has 2 fully saturated rings. The lowest BCUT2D eigenvalue weighted by Crippen LogP contribution is -2.50. The lowest BCUT2D eigenvalue weighted by molar-refractivity contribution is -0.186. The molecule has 3 aliphatic rings. The van der Waals surface area contributed by atoms with Crippen LogP contribution in [0.3, 0.4) is 0 Å². The molecule has 9 heteroatoms. The summed E-state index contributed by atoms with van der Waals surface area (Å²) in [6, 6.07) is 0. The van der Waals surface area contributed by atoms with Crippen molar-refractivity contribution in [3.63, 3.8) is 0 Å². The van der Waals surface area contributed by atoms with Crippen LogP contribution in [0, 0.1) is 17.8 Å². The SMILES string of the molecule is C=C1C(=O)OC2C3C(=C)[C@@H](OC(C)=O)CC3C(C)=CC(OC(=O)C(C)(O)C(C)OC(C)=O)[C@@H]12. The normalized spacial score (nSPS) is 33.5. The molecule has 8 atom stereocenters. The first kappa shape index (κ1) is 24.7. The molecule has 0 spiro atoms. The van der Waals surface area contributed by atoms with Crippen LogP contribution in [-0.4, -0.2) is 59.0 Å². The number of fused-ring (bicyclic) bond motifs is 3. The maximum atomic E-state index is 12.9. The zero-order chi connectivity index (χ0) is 24.8. The predicted octanol–water partition coefficient (Wildman–Crippen LogP) is 1.78. The van der Waals surface area contributed by atoms with Gasteiger partial charge in [0.15, 0.2) is 5.60 Å². The Morgan fingerprint density at radius 2 is 1.82 bits per heavy atom. The molecule has 0 aromatic carbocycles. The Kier molecular flexibility index (Phi) is 6.57. The number of hydrogen-bond donors (Lipinski definition) is 1. The van der Waals surface area contributed by atoms with Crippen LogP contribution in [0.1, 0.15) is 41.0 Å². The fourth-order valence-corrected chi connectivity index (χ4v) is 4.89. The first-order valence-electron chi connectivity index (χ1n) is 10.8. The van der Waals surface area contributed by atoms with E-state index in [1.54, 1.807) is 6.08 Å². The topological polar surface area (TPSA) is 125 Å². The van der Waals surface area contributed by atoms with Crippen LogP contribution in [0.25, 0.3) is 0 Å². The van der Waals surface area contributed by atoms with Crippen molar-refractivity contribution < 1.29 is 43.2 Å². The molecule has 0 aromatic rings. The Hall–Kier alpha value is -2.94. The van der Waals surface area contributed by atoms with Gasteiger partial charge in [-0.2, -0.15) is 0 Å². The Morgan fingerprint density at radius 3 is 2.39 bits per heavy atom. The second kappa shape index (κ2) is 8.78. The lowest BCUT2D eigenvalue weighted by atomic mass is 9.80. The molecular formula is C24H30O9. The third-order valence-electron chi connectivity index (χ3n) is 6.82. The van der Waals surface area contributed by atoms with Gasteiger partial charge < -0.3 is 24.1 Å². The molecule has 9 nitrogen and oxygen atoms in total. The van der Waals surface area contributed by atoms with Crippen LogP contribution >= 0.6 is 0 Å². The molecule has 1 saturated carbocycles. The Bertz CT molecular complexity index is 944. The number of esters is 4. The van der Waals surface area contributed by atoms with Gasteiger partial charge in [0.2, 0.25) is 0 Å². The fourth-order valence-electron chi connectivity index (χ4n) is 4.89. The van der Waals surface area contributed by atoms with Gasteiger partial charge in [-0.3, -0.25) is 9.59 Å². The average molecular weight is 462 g/mol. The van der Waals surface area contributed by atoms with Gasteiger partial charge in [-0.1, -0.05) is 18.7 Å². The third kappa shape index (κ3) is 4.46. The van der Waals surface area contributed by atoms with E-state index in [1.165, 1.54) is 27.7 Å². The minimum Gasteiger partial charge on any atom is -0.459 e. The highest BCUT2D eigenvalue weighted by Crippen LogP contribution is 2.52. The molecule has 6 unspecified atom stereocenters. The minimum atomic E-state index is -2.13. The van der Waals surface area contributed by atoms with Crippen LogP contribution in [0.15, 0.2) is 36.0 Å². The van der Waals surface area contributed by atoms with E-state index in [9.17, 15) is 24.3 Å². The summed E-state index contributed by atoms with van der Waals surface area (Å²) in [6.07, 6.45) is -1.20. The number of rotatable bonds is 5. The highest BCUT2D eigenvalue weighted by atomic mass is 16.6. The van der Waals surface area contributed by atoms with E-state index >= 15 is 0 Å². The van der Waals surface area contributed by atoms with Crippen molar-refractivity contribution >= 4 is 23.9 Å². The van der Waals surface area contributed by atoms with E-state index < -0.39 is 59.8 Å². The lowest BCUT2D eigenvalue weighted by Gasteiger charge is -2.32. The van der Waals surface area contributed by atoms with Gasteiger partial charge >= 0.3 is 23.9 Å². The van der Waals surface area contributed by atoms with Crippen LogP contribution in [0.2, 0.25) is 0 Å². The Balaban J connectivity index is 1.94. The Labute approximate surface area is 192 Å². The minimum absolute atomic E-state index is 0.138. The number of carbonyl (C=O) groups is 4. The van der Waals surface area contributed by atoms with E-state index in [0.717, 1.165) is 5.57 Å². The van der Waals surface area contributed by atoms with Gasteiger partial charge in [0.1, 0.15) is 24.4 Å². The standard InChI is InChI=1S/C24H30O9/c1-10-8-18(32-23(28)24(7,29)13(4)30-14(5)25)20-12(3)22(27)33-21(20)19-11(2)17(9-16(10)19)31-15(6)26/h8,13,16-21,29H,2-3,9H2,1,4-7H3/t13?,16?,17-,18?,19?,20+,21?,24?/m0/s1. The maximum absolute atomic E-state index is 12.9. The number of allylic oxidation sites excluding steroid dienone is 1. The molecule has 180 valence electrons. The van der Waals surface area contributed by atoms with Gasteiger partial charge in [-0.15, -0.1) is 0 Å². The second-order valence-corrected chi connectivity index (χ2v) is 9.14. The van der Waals surface area contributed by atoms with E-state index in [4.69, 9.17) is 18.9 Å². The van der Waals surface area contributed by atoms with E-state index in [-0.39, 0.29) is 17.4 Å². The van der Waals surface area contributed by atoms with Gasteiger partial charge in [0, 0.05) is 25.3 Å². The summed E-state index contributed by atoms with van der Waals surface area (Å²) in [6.45, 7) is 14.9. The molecule has 0 aromatic heterocycles. The first-order chi connectivity index (χ1) is 15.2. The summed E-state index contributed by atoms with van der Waals surface area (Å²) in [4.78, 5) is 48.2. The van der Waals surface area contributed by atoms with Crippen LogP contribution in [-0.2, 0) is 38.1 Å². The monoisotopic (exact) mass is 462 g/mol. The van der Waals surface area contributed by atoms with Crippen LogP contribution in [0.4, 0.5) is 0 Å². The summed E-state index contributed by atoms with van der Waals surface area (Å²) >= 11 is 0. The number of hydrogen-bond acceptors (Lipinski definition) is 9. The molecule has 0 bridgehead atoms. The fraction of sp³-hybridized carbons (Fsp3) is 0.583. The third-order valence-corrected chi connectivity index (χ3v) is 6.82. The van der Waals surface area contributed by atoms with Crippen molar-refractivity contribution in [2.75, 3.05) is 0 Å². The highest BCUT2D eigenvalue weighted by Gasteiger charge is 2.57. The summed E-state index contributed by atoms with van der Waals surface area (Å²) in [7, 11) is 0. The van der Waals surface area contributed by atoms with E-state index in [0.29, 0.717) is 12.0 Å². The molecule has 33 heavy (non-hydrogen) atoms. The van der Waals surface area contributed by atoms with Crippen LogP contribution in [0.5, 0.6) is 0 Å². The molecule has 0 amide bonds. The maximum Gasteiger partial charge on any atom is 0.342 e. The van der Waals surface area contributed by atoms with E-state index in [1.807, 2.05) is 6.92 Å². The molecule has 1 aliphatic heterocycles. The summed E-state index contributed by atoms with van der Waals surface area (Å²) in [5, 5.41) is 10.7. The molecule has 1 saturated heterocycles. The summed E-state index contributed by atoms with van der Waals surface area (Å²) < 4.78 is 21.7. The molecule has 1 N–H and O–H groups in total. The largest absolute Gasteiger partial charge is 0.459 e. The van der Waals surface area contributed by atoms with Crippen molar-refractivity contribution in [3.8, 4) is 0 Å². The van der Waals surface area contributed by atoms with Crippen molar-refractivity contribution in [1.82, 2.24) is 0 Å². The molecule has 1 heterocycles. The summed E-state index contributed by atoms with van der Waals surface area (Å²) in [5.74, 6) is -3.95. The number of aliphatic hydroxyl groups is 1. The molecule has 0 radical (unpaired) electrons. The number of ether oxygens (including phenoxy) is 4. The predicted molar refractivity (Wildman–Crippen MR) is 114 cm³/mol. The zero-order valence-electron chi connectivity index (χ0n) is 19.5. The van der Waals surface area contributed by atoms with E-state index in [2.05, 4.69) is 13.2 Å². The van der Waals surface area contributed by atoms with Crippen molar-refractivity contribution in [2.45, 2.75) is 71.1 Å². The zero-order valence-corrected chi connectivity index (χ0v) is 19.5. The van der Waals surface area contributed by atoms with Gasteiger partial charge in [0.05, 0.1) is 5.92 Å². The van der Waals surface area contributed by atoms with Gasteiger partial charge in [-0.25, -0.2) is 9.59 Å². The Morgan fingerprint density at radius 1 is 1.18 bits per heavy atom. The van der Waals surface area contributed by atoms with Crippen molar-refractivity contribution in [1.29, 1.82) is 0 Å². The second-order valence-electron chi connectivity index (χ2n) is 9.14. The molecule has 2 aliphatic carbocycles. The summed E-state index contributed by atoms with van der Waals surface area (Å²) in [5.41, 5.74) is -0.513. The highest BCUT2D eigenvalue weighted by molar-refractivity contribution is 5.91. The molecular weight excluding hydrogens is 432 g/mol. The smallest absolute Gasteiger partial charge is 0.342 e. The number of carbonyl (C=O) groups excluding carboxylic acids is 4. The van der Waals surface area contributed by atoms with Crippen molar-refractivity contribution in [2.24, 2.45) is 17.8 Å². The van der Waals surface area contributed by atoms with Crippen LogP contribution < -0.4 is 0 Å². The van der Waals surface area contributed by atoms with Crippen molar-refractivity contribution in [3.05, 3.63) is 36.0 Å². The molecule has 3 rings (SSSR count). The quantitative estimate of drug-likeness (QED) is 0.282.